The molecule has 1 aromatic carbocycles. The summed E-state index contributed by atoms with van der Waals surface area (Å²) in [6, 6.07) is 11.3. The normalized spacial score (nSPS) is 16.6. The molecule has 2 aromatic rings. The Morgan fingerprint density at radius 1 is 1.21 bits per heavy atom. The first-order valence-electron chi connectivity index (χ1n) is 5.54. The molecule has 5 heteroatoms. The van der Waals surface area contributed by atoms with Gasteiger partial charge >= 0.3 is 5.97 Å². The second kappa shape index (κ2) is 5.11. The zero-order valence-electron chi connectivity index (χ0n) is 9.67. The molecule has 0 saturated carbocycles. The van der Waals surface area contributed by atoms with Crippen LogP contribution in [-0.2, 0) is 9.53 Å². The third kappa shape index (κ3) is 2.67. The number of benzene rings is 1. The van der Waals surface area contributed by atoms with Crippen LogP contribution < -0.4 is 0 Å². The summed E-state index contributed by atoms with van der Waals surface area (Å²) in [4.78, 5) is 17.0. The molecule has 1 aliphatic heterocycles. The lowest BCUT2D eigenvalue weighted by molar-refractivity contribution is -0.129. The minimum absolute atomic E-state index is 0.334. The van der Waals surface area contributed by atoms with Crippen molar-refractivity contribution >= 4 is 45.2 Å². The largest absolute Gasteiger partial charge is 0.402 e. The van der Waals surface area contributed by atoms with Gasteiger partial charge in [-0.3, -0.25) is 0 Å². The van der Waals surface area contributed by atoms with Crippen LogP contribution in [0.1, 0.15) is 10.4 Å². The fraction of sp³-hybridized carbons (Fsp3) is 0. The topological polar surface area (TPSA) is 38.7 Å². The van der Waals surface area contributed by atoms with Crippen LogP contribution >= 0.6 is 27.3 Å². The van der Waals surface area contributed by atoms with Gasteiger partial charge in [0.2, 0.25) is 5.90 Å². The minimum atomic E-state index is -0.411. The lowest BCUT2D eigenvalue weighted by Crippen LogP contribution is -2.04. The zero-order chi connectivity index (χ0) is 13.2. The number of halogens is 1. The monoisotopic (exact) mass is 333 g/mol. The van der Waals surface area contributed by atoms with Gasteiger partial charge in [0.25, 0.3) is 0 Å². The molecule has 94 valence electrons. The number of hydrogen-bond donors (Lipinski definition) is 0. The molecular weight excluding hydrogens is 326 g/mol. The summed E-state index contributed by atoms with van der Waals surface area (Å²) in [5, 5.41) is 1.95. The summed E-state index contributed by atoms with van der Waals surface area (Å²) < 4.78 is 6.15. The molecule has 0 saturated heterocycles. The highest BCUT2D eigenvalue weighted by Crippen LogP contribution is 2.21. The van der Waals surface area contributed by atoms with E-state index < -0.39 is 5.97 Å². The maximum atomic E-state index is 11.7. The van der Waals surface area contributed by atoms with Gasteiger partial charge in [-0.25, -0.2) is 9.79 Å². The first-order chi connectivity index (χ1) is 9.22. The van der Waals surface area contributed by atoms with Crippen LogP contribution in [0.4, 0.5) is 0 Å². The van der Waals surface area contributed by atoms with E-state index in [1.54, 1.807) is 17.4 Å². The summed E-state index contributed by atoms with van der Waals surface area (Å²) in [6.45, 7) is 0. The molecule has 0 radical (unpaired) electrons. The number of carbonyl (C=O) groups is 1. The van der Waals surface area contributed by atoms with E-state index in [0.29, 0.717) is 11.6 Å². The van der Waals surface area contributed by atoms with E-state index in [0.717, 1.165) is 14.9 Å². The number of cyclic esters (lactones) is 1. The smallest absolute Gasteiger partial charge is 0.363 e. The maximum absolute atomic E-state index is 11.7. The van der Waals surface area contributed by atoms with E-state index in [2.05, 4.69) is 20.9 Å². The van der Waals surface area contributed by atoms with Crippen molar-refractivity contribution in [3.05, 3.63) is 62.4 Å². The Morgan fingerprint density at radius 3 is 2.68 bits per heavy atom. The van der Waals surface area contributed by atoms with Gasteiger partial charge in [-0.15, -0.1) is 11.3 Å². The van der Waals surface area contributed by atoms with Crippen LogP contribution in [0.3, 0.4) is 0 Å². The van der Waals surface area contributed by atoms with E-state index >= 15 is 0 Å². The summed E-state index contributed by atoms with van der Waals surface area (Å²) in [5.41, 5.74) is 1.12. The molecule has 0 N–H and O–H groups in total. The van der Waals surface area contributed by atoms with Crippen LogP contribution in [-0.4, -0.2) is 11.9 Å². The molecule has 0 fully saturated rings. The van der Waals surface area contributed by atoms with Gasteiger partial charge in [0.05, 0.1) is 0 Å². The molecule has 1 aliphatic rings. The molecular formula is C14H8BrNO2S. The van der Waals surface area contributed by atoms with Crippen molar-refractivity contribution in [3.8, 4) is 0 Å². The number of carbonyl (C=O) groups excluding carboxylic acids is 1. The van der Waals surface area contributed by atoms with Crippen molar-refractivity contribution in [1.82, 2.24) is 0 Å². The van der Waals surface area contributed by atoms with Crippen molar-refractivity contribution < 1.29 is 9.53 Å². The van der Waals surface area contributed by atoms with Crippen LogP contribution in [0.25, 0.3) is 6.08 Å². The first-order valence-corrected chi connectivity index (χ1v) is 7.22. The fourth-order valence-electron chi connectivity index (χ4n) is 1.63. The second-order valence-corrected chi connectivity index (χ2v) is 5.75. The Balaban J connectivity index is 1.93. The standard InChI is InChI=1S/C14H8BrNO2S/c15-10-5-3-9(4-6-10)13-16-12(14(17)18-13)8-11-2-1-7-19-11/h1-8H. The molecule has 3 rings (SSSR count). The number of aliphatic imine (C=N–C) groups is 1. The minimum Gasteiger partial charge on any atom is -0.402 e. The van der Waals surface area contributed by atoms with Crippen molar-refractivity contribution in [2.75, 3.05) is 0 Å². The predicted octanol–water partition coefficient (Wildman–Crippen LogP) is 3.86. The Kier molecular flexibility index (Phi) is 3.31. The molecule has 0 aliphatic carbocycles. The van der Waals surface area contributed by atoms with Gasteiger partial charge < -0.3 is 4.74 Å². The van der Waals surface area contributed by atoms with Gasteiger partial charge in [-0.2, -0.15) is 0 Å². The van der Waals surface area contributed by atoms with Crippen LogP contribution in [0.5, 0.6) is 0 Å². The Bertz CT molecular complexity index is 672. The number of nitrogens with zero attached hydrogens (tertiary/aromatic N) is 1. The molecule has 0 bridgehead atoms. The van der Waals surface area contributed by atoms with E-state index in [1.807, 2.05) is 41.8 Å². The van der Waals surface area contributed by atoms with Gasteiger partial charge in [-0.1, -0.05) is 22.0 Å². The molecule has 0 amide bonds. The quantitative estimate of drug-likeness (QED) is 0.618. The maximum Gasteiger partial charge on any atom is 0.363 e. The van der Waals surface area contributed by atoms with E-state index in [4.69, 9.17) is 4.74 Å². The lowest BCUT2D eigenvalue weighted by atomic mass is 10.2. The Hall–Kier alpha value is -1.72. The van der Waals surface area contributed by atoms with Crippen LogP contribution in [0.2, 0.25) is 0 Å². The van der Waals surface area contributed by atoms with Crippen molar-refractivity contribution in [3.63, 3.8) is 0 Å². The van der Waals surface area contributed by atoms with Gasteiger partial charge in [0.1, 0.15) is 0 Å². The summed E-state index contributed by atoms with van der Waals surface area (Å²) >= 11 is 4.91. The highest BCUT2D eigenvalue weighted by atomic mass is 79.9. The SMILES string of the molecule is O=C1OC(c2ccc(Br)cc2)=NC1=Cc1cccs1. The number of ether oxygens (including phenoxy) is 1. The number of hydrogen-bond acceptors (Lipinski definition) is 4. The van der Waals surface area contributed by atoms with Crippen molar-refractivity contribution in [2.24, 2.45) is 4.99 Å². The Labute approximate surface area is 122 Å². The molecule has 2 heterocycles. The summed E-state index contributed by atoms with van der Waals surface area (Å²) in [6.07, 6.45) is 1.73. The van der Waals surface area contributed by atoms with Gasteiger partial charge in [0, 0.05) is 14.9 Å². The average Bonchev–Trinajstić information content (AvgIpc) is 3.02. The van der Waals surface area contributed by atoms with E-state index in [1.165, 1.54) is 0 Å². The molecule has 1 aromatic heterocycles. The molecule has 0 unspecified atom stereocenters. The molecule has 19 heavy (non-hydrogen) atoms. The van der Waals surface area contributed by atoms with Crippen molar-refractivity contribution in [2.45, 2.75) is 0 Å². The van der Waals surface area contributed by atoms with Crippen LogP contribution in [0.15, 0.2) is 56.9 Å². The third-order valence-corrected chi connectivity index (χ3v) is 3.88. The Morgan fingerprint density at radius 2 is 2.00 bits per heavy atom. The second-order valence-electron chi connectivity index (χ2n) is 3.86. The summed E-state index contributed by atoms with van der Waals surface area (Å²) in [5.74, 6) is -0.0633. The van der Waals surface area contributed by atoms with E-state index in [-0.39, 0.29) is 0 Å². The van der Waals surface area contributed by atoms with Gasteiger partial charge in [0.15, 0.2) is 5.70 Å². The number of thiophene rings is 1. The summed E-state index contributed by atoms with van der Waals surface area (Å²) in [7, 11) is 0. The van der Waals surface area contributed by atoms with Crippen LogP contribution in [0, 0.1) is 0 Å². The zero-order valence-corrected chi connectivity index (χ0v) is 12.1. The molecule has 0 spiro atoms. The third-order valence-electron chi connectivity index (χ3n) is 2.53. The van der Waals surface area contributed by atoms with Crippen molar-refractivity contribution in [1.29, 1.82) is 0 Å². The van der Waals surface area contributed by atoms with Gasteiger partial charge in [-0.05, 0) is 41.8 Å². The molecule has 0 atom stereocenters. The van der Waals surface area contributed by atoms with E-state index in [9.17, 15) is 4.79 Å². The highest BCUT2D eigenvalue weighted by Gasteiger charge is 2.24. The average molecular weight is 334 g/mol. The number of esters is 1. The molecule has 3 nitrogen and oxygen atoms in total. The highest BCUT2D eigenvalue weighted by molar-refractivity contribution is 9.10. The predicted molar refractivity (Wildman–Crippen MR) is 79.1 cm³/mol. The lowest BCUT2D eigenvalue weighted by Gasteiger charge is -1.98. The number of rotatable bonds is 2. The fourth-order valence-corrected chi connectivity index (χ4v) is 2.55. The first kappa shape index (κ1) is 12.3.